The topological polar surface area (TPSA) is 114 Å². The van der Waals surface area contributed by atoms with Crippen LogP contribution in [-0.4, -0.2) is 34.1 Å². The molecule has 0 amide bonds. The van der Waals surface area contributed by atoms with Crippen LogP contribution in [-0.2, 0) is 10.0 Å². The monoisotopic (exact) mass is 453 g/mol. The van der Waals surface area contributed by atoms with Crippen LogP contribution in [0.3, 0.4) is 0 Å². The van der Waals surface area contributed by atoms with Gasteiger partial charge in [-0.25, -0.2) is 23.4 Å². The Morgan fingerprint density at radius 2 is 1.90 bits per heavy atom. The SMILES string of the molecule is CCS(=O)(=O)Nc1cc(-c2ccc3nc(-c4nc5ccccc5[nH]4)oc3c2)cnc1Cl. The first-order chi connectivity index (χ1) is 14.9. The molecule has 0 aliphatic carbocycles. The zero-order valence-electron chi connectivity index (χ0n) is 16.3. The van der Waals surface area contributed by atoms with E-state index < -0.39 is 10.0 Å². The van der Waals surface area contributed by atoms with Gasteiger partial charge in [-0.05, 0) is 42.8 Å². The number of imidazole rings is 1. The quantitative estimate of drug-likeness (QED) is 0.368. The molecule has 5 aromatic rings. The molecule has 0 saturated heterocycles. The highest BCUT2D eigenvalue weighted by atomic mass is 35.5. The van der Waals surface area contributed by atoms with Crippen molar-refractivity contribution in [2.75, 3.05) is 10.5 Å². The molecule has 8 nitrogen and oxygen atoms in total. The maximum absolute atomic E-state index is 11.9. The first kappa shape index (κ1) is 19.5. The summed E-state index contributed by atoms with van der Waals surface area (Å²) in [7, 11) is -3.48. The van der Waals surface area contributed by atoms with Gasteiger partial charge >= 0.3 is 0 Å². The van der Waals surface area contributed by atoms with Crippen molar-refractivity contribution in [3.8, 4) is 22.8 Å². The highest BCUT2D eigenvalue weighted by molar-refractivity contribution is 7.92. The van der Waals surface area contributed by atoms with Gasteiger partial charge < -0.3 is 9.40 Å². The van der Waals surface area contributed by atoms with Gasteiger partial charge in [-0.15, -0.1) is 0 Å². The van der Waals surface area contributed by atoms with E-state index in [1.807, 2.05) is 42.5 Å². The molecule has 0 bridgehead atoms. The number of aromatic amines is 1. The van der Waals surface area contributed by atoms with Crippen molar-refractivity contribution in [2.24, 2.45) is 0 Å². The lowest BCUT2D eigenvalue weighted by Gasteiger charge is -2.09. The van der Waals surface area contributed by atoms with Gasteiger partial charge in [0.05, 0.1) is 22.5 Å². The number of hydrogen-bond acceptors (Lipinski definition) is 6. The molecule has 0 aliphatic rings. The number of halogens is 1. The van der Waals surface area contributed by atoms with Crippen LogP contribution in [0.1, 0.15) is 6.92 Å². The third-order valence-corrected chi connectivity index (χ3v) is 6.39. The minimum absolute atomic E-state index is 0.0673. The molecule has 3 heterocycles. The molecular weight excluding hydrogens is 438 g/mol. The van der Waals surface area contributed by atoms with Gasteiger partial charge in [-0.1, -0.05) is 29.8 Å². The molecule has 3 aromatic heterocycles. The Hall–Kier alpha value is -3.43. The summed E-state index contributed by atoms with van der Waals surface area (Å²) in [6.07, 6.45) is 1.57. The lowest BCUT2D eigenvalue weighted by molar-refractivity contribution is 0.602. The summed E-state index contributed by atoms with van der Waals surface area (Å²) in [4.78, 5) is 16.3. The lowest BCUT2D eigenvalue weighted by atomic mass is 10.1. The zero-order chi connectivity index (χ0) is 21.6. The minimum Gasteiger partial charge on any atom is -0.434 e. The number of para-hydroxylation sites is 2. The van der Waals surface area contributed by atoms with Crippen LogP contribution >= 0.6 is 11.6 Å². The second kappa shape index (κ2) is 7.36. The van der Waals surface area contributed by atoms with E-state index in [1.165, 1.54) is 0 Å². The molecule has 2 aromatic carbocycles. The standard InChI is InChI=1S/C21H16ClN5O3S/c1-2-31(28,29)27-17-9-13(11-23-19(17)22)12-7-8-16-18(10-12)30-21(26-16)20-24-14-5-3-4-6-15(14)25-20/h3-11,27H,2H2,1H3,(H,24,25). The molecular formula is C21H16ClN5O3S. The van der Waals surface area contributed by atoms with Crippen LogP contribution in [0.4, 0.5) is 5.69 Å². The summed E-state index contributed by atoms with van der Waals surface area (Å²) in [6, 6.07) is 14.8. The van der Waals surface area contributed by atoms with Crippen molar-refractivity contribution < 1.29 is 12.8 Å². The van der Waals surface area contributed by atoms with Gasteiger partial charge in [-0.2, -0.15) is 0 Å². The first-order valence-electron chi connectivity index (χ1n) is 9.44. The smallest absolute Gasteiger partial charge is 0.264 e. The molecule has 31 heavy (non-hydrogen) atoms. The largest absolute Gasteiger partial charge is 0.434 e. The predicted octanol–water partition coefficient (Wildman–Crippen LogP) is 4.85. The van der Waals surface area contributed by atoms with E-state index in [0.717, 1.165) is 16.6 Å². The van der Waals surface area contributed by atoms with Gasteiger partial charge in [0.1, 0.15) is 5.52 Å². The number of rotatable bonds is 5. The summed E-state index contributed by atoms with van der Waals surface area (Å²) in [6.45, 7) is 1.55. The summed E-state index contributed by atoms with van der Waals surface area (Å²) >= 11 is 6.07. The Morgan fingerprint density at radius 3 is 2.71 bits per heavy atom. The Kier molecular flexibility index (Phi) is 4.64. The number of hydrogen-bond donors (Lipinski definition) is 2. The summed E-state index contributed by atoms with van der Waals surface area (Å²) in [5.41, 5.74) is 4.65. The molecule has 2 N–H and O–H groups in total. The van der Waals surface area contributed by atoms with Crippen molar-refractivity contribution >= 4 is 49.4 Å². The fraction of sp³-hybridized carbons (Fsp3) is 0.0952. The van der Waals surface area contributed by atoms with Gasteiger partial charge in [0.2, 0.25) is 10.0 Å². The molecule has 0 aliphatic heterocycles. The fourth-order valence-corrected chi connectivity index (χ4v) is 4.02. The third-order valence-electron chi connectivity index (χ3n) is 4.80. The molecule has 0 saturated carbocycles. The van der Waals surface area contributed by atoms with Gasteiger partial charge in [0, 0.05) is 11.8 Å². The third kappa shape index (κ3) is 3.73. The summed E-state index contributed by atoms with van der Waals surface area (Å²) in [5.74, 6) is 0.861. The molecule has 0 spiro atoms. The summed E-state index contributed by atoms with van der Waals surface area (Å²) < 4.78 is 32.2. The van der Waals surface area contributed by atoms with Crippen LogP contribution in [0.2, 0.25) is 5.15 Å². The zero-order valence-corrected chi connectivity index (χ0v) is 17.8. The van der Waals surface area contributed by atoms with Crippen molar-refractivity contribution in [1.29, 1.82) is 0 Å². The molecule has 0 atom stereocenters. The molecule has 0 fully saturated rings. The Bertz CT molecular complexity index is 1510. The highest BCUT2D eigenvalue weighted by Crippen LogP contribution is 2.31. The highest BCUT2D eigenvalue weighted by Gasteiger charge is 2.15. The van der Waals surface area contributed by atoms with E-state index in [4.69, 9.17) is 16.0 Å². The van der Waals surface area contributed by atoms with Crippen molar-refractivity contribution in [1.82, 2.24) is 19.9 Å². The maximum Gasteiger partial charge on any atom is 0.264 e. The number of oxazole rings is 1. The van der Waals surface area contributed by atoms with Crippen LogP contribution in [0.25, 0.3) is 45.0 Å². The van der Waals surface area contributed by atoms with Crippen molar-refractivity contribution in [3.05, 3.63) is 59.9 Å². The number of benzene rings is 2. The van der Waals surface area contributed by atoms with Crippen molar-refractivity contribution in [3.63, 3.8) is 0 Å². The van der Waals surface area contributed by atoms with E-state index in [9.17, 15) is 8.42 Å². The number of anilines is 1. The molecule has 5 rings (SSSR count). The normalized spacial score (nSPS) is 11.9. The number of aromatic nitrogens is 4. The minimum atomic E-state index is -3.48. The second-order valence-electron chi connectivity index (χ2n) is 6.87. The number of H-pyrrole nitrogens is 1. The van der Waals surface area contributed by atoms with Gasteiger partial charge in [0.15, 0.2) is 16.6 Å². The van der Waals surface area contributed by atoms with E-state index in [-0.39, 0.29) is 16.6 Å². The molecule has 156 valence electrons. The van der Waals surface area contributed by atoms with E-state index in [0.29, 0.717) is 28.4 Å². The lowest BCUT2D eigenvalue weighted by Crippen LogP contribution is -2.15. The Balaban J connectivity index is 1.53. The van der Waals surface area contributed by atoms with Gasteiger partial charge in [-0.3, -0.25) is 4.72 Å². The average molecular weight is 454 g/mol. The number of sulfonamides is 1. The van der Waals surface area contributed by atoms with E-state index >= 15 is 0 Å². The van der Waals surface area contributed by atoms with Crippen molar-refractivity contribution in [2.45, 2.75) is 6.92 Å². The Labute approximate surface area is 182 Å². The molecule has 0 radical (unpaired) electrons. The van der Waals surface area contributed by atoms with E-state index in [2.05, 4.69) is 24.7 Å². The fourth-order valence-electron chi connectivity index (χ4n) is 3.18. The van der Waals surface area contributed by atoms with Crippen LogP contribution in [0.5, 0.6) is 0 Å². The summed E-state index contributed by atoms with van der Waals surface area (Å²) in [5, 5.41) is 0.0775. The molecule has 10 heteroatoms. The maximum atomic E-state index is 11.9. The average Bonchev–Trinajstić information content (AvgIpc) is 3.38. The van der Waals surface area contributed by atoms with Crippen LogP contribution in [0.15, 0.2) is 59.1 Å². The van der Waals surface area contributed by atoms with Crippen LogP contribution in [0, 0.1) is 0 Å². The molecule has 0 unspecified atom stereocenters. The first-order valence-corrected chi connectivity index (χ1v) is 11.5. The predicted molar refractivity (Wildman–Crippen MR) is 120 cm³/mol. The number of fused-ring (bicyclic) bond motifs is 2. The van der Waals surface area contributed by atoms with Crippen LogP contribution < -0.4 is 4.72 Å². The Morgan fingerprint density at radius 1 is 1.06 bits per heavy atom. The number of pyridine rings is 1. The second-order valence-corrected chi connectivity index (χ2v) is 9.24. The van der Waals surface area contributed by atoms with E-state index in [1.54, 1.807) is 19.2 Å². The van der Waals surface area contributed by atoms with Gasteiger partial charge in [0.25, 0.3) is 5.89 Å². The number of nitrogens with zero attached hydrogens (tertiary/aromatic N) is 3. The number of nitrogens with one attached hydrogen (secondary N) is 2.